The maximum Gasteiger partial charge on any atom is 0.106 e. The zero-order valence-electron chi connectivity index (χ0n) is 11.4. The van der Waals surface area contributed by atoms with Crippen LogP contribution >= 0.6 is 12.2 Å². The fourth-order valence-electron chi connectivity index (χ4n) is 2.12. The first-order valence-electron chi connectivity index (χ1n) is 6.22. The molecule has 19 heavy (non-hydrogen) atoms. The van der Waals surface area contributed by atoms with Crippen LogP contribution < -0.4 is 11.1 Å². The van der Waals surface area contributed by atoms with Crippen molar-refractivity contribution in [2.45, 2.75) is 20.8 Å². The first kappa shape index (κ1) is 13.6. The third-order valence-electron chi connectivity index (χ3n) is 3.18. The number of hydrogen-bond acceptors (Lipinski definition) is 2. The lowest BCUT2D eigenvalue weighted by Gasteiger charge is -2.16. The molecule has 0 bridgehead atoms. The molecule has 0 aliphatic carbocycles. The Morgan fingerprint density at radius 1 is 1.05 bits per heavy atom. The average Bonchev–Trinajstić information content (AvgIpc) is 2.33. The summed E-state index contributed by atoms with van der Waals surface area (Å²) in [6, 6.07) is 12.3. The number of aryl methyl sites for hydroxylation is 3. The predicted octanol–water partition coefficient (Wildman–Crippen LogP) is 3.99. The third-order valence-corrected chi connectivity index (χ3v) is 3.40. The minimum atomic E-state index is 0.411. The summed E-state index contributed by atoms with van der Waals surface area (Å²) in [4.78, 5) is 0.411. The van der Waals surface area contributed by atoms with Crippen LogP contribution in [0.2, 0.25) is 0 Å². The molecule has 0 spiro atoms. The zero-order chi connectivity index (χ0) is 14.0. The van der Waals surface area contributed by atoms with Gasteiger partial charge in [-0.2, -0.15) is 0 Å². The molecule has 0 fully saturated rings. The van der Waals surface area contributed by atoms with E-state index < -0.39 is 0 Å². The van der Waals surface area contributed by atoms with E-state index in [4.69, 9.17) is 18.0 Å². The van der Waals surface area contributed by atoms with Gasteiger partial charge in [-0.05, 0) is 49.6 Å². The molecule has 98 valence electrons. The van der Waals surface area contributed by atoms with Gasteiger partial charge in [-0.3, -0.25) is 0 Å². The second kappa shape index (κ2) is 5.41. The van der Waals surface area contributed by atoms with E-state index in [1.165, 1.54) is 16.7 Å². The normalized spacial score (nSPS) is 10.3. The van der Waals surface area contributed by atoms with Gasteiger partial charge in [0.15, 0.2) is 0 Å². The Bertz CT molecular complexity index is 612. The van der Waals surface area contributed by atoms with Gasteiger partial charge in [-0.15, -0.1) is 0 Å². The third kappa shape index (κ3) is 2.93. The van der Waals surface area contributed by atoms with Gasteiger partial charge in [-0.1, -0.05) is 36.5 Å². The Hall–Kier alpha value is -1.87. The van der Waals surface area contributed by atoms with Crippen molar-refractivity contribution >= 4 is 28.6 Å². The number of thiocarbonyl (C=S) groups is 1. The zero-order valence-corrected chi connectivity index (χ0v) is 12.3. The van der Waals surface area contributed by atoms with Crippen molar-refractivity contribution in [2.75, 3.05) is 5.32 Å². The Kier molecular flexibility index (Phi) is 3.86. The molecule has 0 aliphatic heterocycles. The van der Waals surface area contributed by atoms with Crippen LogP contribution in [0.25, 0.3) is 0 Å². The second-order valence-electron chi connectivity index (χ2n) is 4.81. The van der Waals surface area contributed by atoms with Crippen molar-refractivity contribution in [1.29, 1.82) is 0 Å². The first-order chi connectivity index (χ1) is 8.99. The van der Waals surface area contributed by atoms with Crippen molar-refractivity contribution in [2.24, 2.45) is 5.73 Å². The molecule has 0 saturated carbocycles. The number of rotatable bonds is 3. The van der Waals surface area contributed by atoms with E-state index in [0.29, 0.717) is 4.99 Å². The summed E-state index contributed by atoms with van der Waals surface area (Å²) in [5.74, 6) is 0. The van der Waals surface area contributed by atoms with Gasteiger partial charge in [0.2, 0.25) is 0 Å². The second-order valence-corrected chi connectivity index (χ2v) is 5.24. The topological polar surface area (TPSA) is 38.0 Å². The largest absolute Gasteiger partial charge is 0.389 e. The van der Waals surface area contributed by atoms with Crippen LogP contribution in [0.4, 0.5) is 11.4 Å². The van der Waals surface area contributed by atoms with Gasteiger partial charge in [0.25, 0.3) is 0 Å². The molecule has 3 heteroatoms. The molecule has 0 radical (unpaired) electrons. The number of benzene rings is 2. The molecular weight excluding hydrogens is 252 g/mol. The monoisotopic (exact) mass is 270 g/mol. The molecule has 2 nitrogen and oxygen atoms in total. The highest BCUT2D eigenvalue weighted by molar-refractivity contribution is 7.80. The van der Waals surface area contributed by atoms with Gasteiger partial charge in [0.1, 0.15) is 4.99 Å². The van der Waals surface area contributed by atoms with Crippen molar-refractivity contribution in [3.8, 4) is 0 Å². The lowest BCUT2D eigenvalue weighted by molar-refractivity contribution is 1.35. The molecule has 2 rings (SSSR count). The number of nitrogens with one attached hydrogen (secondary N) is 1. The van der Waals surface area contributed by atoms with Crippen LogP contribution in [-0.4, -0.2) is 4.99 Å². The van der Waals surface area contributed by atoms with Gasteiger partial charge in [0.05, 0.1) is 0 Å². The molecule has 0 aromatic heterocycles. The number of anilines is 2. The Morgan fingerprint density at radius 3 is 2.26 bits per heavy atom. The SMILES string of the molecule is Cc1ccc(C(N)=S)c(Nc2c(C)cccc2C)c1. The summed E-state index contributed by atoms with van der Waals surface area (Å²) in [5.41, 5.74) is 12.3. The summed E-state index contributed by atoms with van der Waals surface area (Å²) in [5, 5.41) is 3.46. The fourth-order valence-corrected chi connectivity index (χ4v) is 2.30. The van der Waals surface area contributed by atoms with Crippen LogP contribution in [0, 0.1) is 20.8 Å². The van der Waals surface area contributed by atoms with Gasteiger partial charge in [0, 0.05) is 16.9 Å². The highest BCUT2D eigenvalue weighted by Gasteiger charge is 2.08. The molecule has 2 aromatic carbocycles. The minimum Gasteiger partial charge on any atom is -0.389 e. The number of nitrogens with two attached hydrogens (primary N) is 1. The molecule has 0 heterocycles. The maximum absolute atomic E-state index is 5.79. The quantitative estimate of drug-likeness (QED) is 0.828. The Morgan fingerprint density at radius 2 is 1.68 bits per heavy atom. The average molecular weight is 270 g/mol. The van der Waals surface area contributed by atoms with E-state index in [1.807, 2.05) is 12.1 Å². The van der Waals surface area contributed by atoms with Crippen LogP contribution in [0.15, 0.2) is 36.4 Å². The van der Waals surface area contributed by atoms with Crippen LogP contribution in [-0.2, 0) is 0 Å². The van der Waals surface area contributed by atoms with Crippen LogP contribution in [0.3, 0.4) is 0 Å². The highest BCUT2D eigenvalue weighted by Crippen LogP contribution is 2.27. The van der Waals surface area contributed by atoms with E-state index in [2.05, 4.69) is 50.4 Å². The predicted molar refractivity (Wildman–Crippen MR) is 86.3 cm³/mol. The molecule has 0 aliphatic rings. The molecule has 0 saturated heterocycles. The molecule has 0 amide bonds. The standard InChI is InChI=1S/C16H18N2S/c1-10-7-8-13(16(17)19)14(9-10)18-15-11(2)5-4-6-12(15)3/h4-9,18H,1-3H3,(H2,17,19). The lowest BCUT2D eigenvalue weighted by atomic mass is 10.1. The number of hydrogen-bond donors (Lipinski definition) is 2. The van der Waals surface area contributed by atoms with Gasteiger partial charge < -0.3 is 11.1 Å². The van der Waals surface area contributed by atoms with Crippen molar-refractivity contribution in [1.82, 2.24) is 0 Å². The van der Waals surface area contributed by atoms with Crippen molar-refractivity contribution in [3.63, 3.8) is 0 Å². The fraction of sp³-hybridized carbons (Fsp3) is 0.188. The van der Waals surface area contributed by atoms with Crippen LogP contribution in [0.1, 0.15) is 22.3 Å². The summed E-state index contributed by atoms with van der Waals surface area (Å²) < 4.78 is 0. The van der Waals surface area contributed by atoms with E-state index in [-0.39, 0.29) is 0 Å². The number of para-hydroxylation sites is 1. The highest BCUT2D eigenvalue weighted by atomic mass is 32.1. The summed E-state index contributed by atoms with van der Waals surface area (Å²) >= 11 is 5.11. The van der Waals surface area contributed by atoms with Gasteiger partial charge in [-0.25, -0.2) is 0 Å². The molecule has 0 unspecified atom stereocenters. The summed E-state index contributed by atoms with van der Waals surface area (Å²) in [7, 11) is 0. The van der Waals surface area contributed by atoms with Crippen molar-refractivity contribution < 1.29 is 0 Å². The van der Waals surface area contributed by atoms with Gasteiger partial charge >= 0.3 is 0 Å². The summed E-state index contributed by atoms with van der Waals surface area (Å²) in [6.07, 6.45) is 0. The molecule has 3 N–H and O–H groups in total. The van der Waals surface area contributed by atoms with Crippen LogP contribution in [0.5, 0.6) is 0 Å². The Labute approximate surface area is 119 Å². The lowest BCUT2D eigenvalue weighted by Crippen LogP contribution is -2.12. The maximum atomic E-state index is 5.79. The van der Waals surface area contributed by atoms with E-state index in [0.717, 1.165) is 16.9 Å². The minimum absolute atomic E-state index is 0.411. The van der Waals surface area contributed by atoms with Crippen molar-refractivity contribution in [3.05, 3.63) is 58.7 Å². The van der Waals surface area contributed by atoms with E-state index in [1.54, 1.807) is 0 Å². The Balaban J connectivity index is 2.49. The molecule has 0 atom stereocenters. The smallest absolute Gasteiger partial charge is 0.106 e. The first-order valence-corrected chi connectivity index (χ1v) is 6.63. The van der Waals surface area contributed by atoms with E-state index in [9.17, 15) is 0 Å². The molecular formula is C16H18N2S. The summed E-state index contributed by atoms with van der Waals surface area (Å²) in [6.45, 7) is 6.23. The van der Waals surface area contributed by atoms with E-state index >= 15 is 0 Å². The molecule has 2 aromatic rings.